The van der Waals surface area contributed by atoms with Crippen LogP contribution in [0.3, 0.4) is 0 Å². The summed E-state index contributed by atoms with van der Waals surface area (Å²) < 4.78 is 0. The molecular formula is C11H13NO2. The summed E-state index contributed by atoms with van der Waals surface area (Å²) in [5.74, 6) is 0.0199. The number of hydrogen-bond acceptors (Lipinski definition) is 3. The van der Waals surface area contributed by atoms with Crippen LogP contribution in [0.15, 0.2) is 24.3 Å². The van der Waals surface area contributed by atoms with Gasteiger partial charge in [0.05, 0.1) is 6.04 Å². The number of carbonyl (C=O) groups is 2. The van der Waals surface area contributed by atoms with Crippen molar-refractivity contribution in [2.45, 2.75) is 19.4 Å². The molecule has 1 unspecified atom stereocenters. The van der Waals surface area contributed by atoms with Gasteiger partial charge in [0.15, 0.2) is 5.78 Å². The molecule has 74 valence electrons. The molecule has 1 aromatic carbocycles. The monoisotopic (exact) mass is 191 g/mol. The predicted molar refractivity (Wildman–Crippen MR) is 54.2 cm³/mol. The Labute approximate surface area is 82.9 Å². The van der Waals surface area contributed by atoms with Crippen molar-refractivity contribution in [3.63, 3.8) is 0 Å². The lowest BCUT2D eigenvalue weighted by Crippen LogP contribution is -2.24. The lowest BCUT2D eigenvalue weighted by molar-refractivity contribution is -0.108. The fourth-order valence-corrected chi connectivity index (χ4v) is 1.24. The lowest BCUT2D eigenvalue weighted by atomic mass is 10.0. The fourth-order valence-electron chi connectivity index (χ4n) is 1.24. The highest BCUT2D eigenvalue weighted by atomic mass is 16.1. The number of aldehydes is 1. The summed E-state index contributed by atoms with van der Waals surface area (Å²) in [6.45, 7) is 1.51. The quantitative estimate of drug-likeness (QED) is 0.569. The summed E-state index contributed by atoms with van der Waals surface area (Å²) in [7, 11) is 0. The van der Waals surface area contributed by atoms with Gasteiger partial charge < -0.3 is 10.5 Å². The van der Waals surface area contributed by atoms with Gasteiger partial charge in [-0.15, -0.1) is 0 Å². The van der Waals surface area contributed by atoms with Crippen LogP contribution >= 0.6 is 0 Å². The molecule has 0 aromatic heterocycles. The maximum Gasteiger partial charge on any atom is 0.159 e. The molecule has 3 heteroatoms. The van der Waals surface area contributed by atoms with Crippen molar-refractivity contribution in [2.24, 2.45) is 5.73 Å². The number of Topliss-reactive ketones (excluding diaryl/α,β-unsaturated/α-hetero) is 1. The van der Waals surface area contributed by atoms with Crippen LogP contribution in [0, 0.1) is 0 Å². The zero-order valence-corrected chi connectivity index (χ0v) is 8.07. The highest BCUT2D eigenvalue weighted by Crippen LogP contribution is 2.07. The predicted octanol–water partition coefficient (Wildman–Crippen LogP) is 0.958. The largest absolute Gasteiger partial charge is 0.321 e. The number of hydrogen-bond donors (Lipinski definition) is 1. The minimum atomic E-state index is -0.489. The standard InChI is InChI=1S/C11H13NO2/c1-8(14)10-4-2-3-9(5-10)6-11(12)7-13/h2-5,7,11H,6,12H2,1H3. The minimum absolute atomic E-state index is 0.0199. The van der Waals surface area contributed by atoms with Gasteiger partial charge in [-0.3, -0.25) is 4.79 Å². The topological polar surface area (TPSA) is 60.2 Å². The van der Waals surface area contributed by atoms with E-state index in [0.717, 1.165) is 5.56 Å². The third-order valence-electron chi connectivity index (χ3n) is 1.98. The van der Waals surface area contributed by atoms with Crippen molar-refractivity contribution >= 4 is 12.1 Å². The fraction of sp³-hybridized carbons (Fsp3) is 0.273. The molecular weight excluding hydrogens is 178 g/mol. The Balaban J connectivity index is 2.83. The van der Waals surface area contributed by atoms with Gasteiger partial charge in [-0.25, -0.2) is 0 Å². The van der Waals surface area contributed by atoms with E-state index in [4.69, 9.17) is 5.73 Å². The maximum absolute atomic E-state index is 11.1. The van der Waals surface area contributed by atoms with Gasteiger partial charge >= 0.3 is 0 Å². The molecule has 0 heterocycles. The second-order valence-corrected chi connectivity index (χ2v) is 3.26. The van der Waals surface area contributed by atoms with Gasteiger partial charge in [-0.1, -0.05) is 18.2 Å². The van der Waals surface area contributed by atoms with Crippen molar-refractivity contribution in [1.29, 1.82) is 0 Å². The van der Waals surface area contributed by atoms with E-state index in [9.17, 15) is 9.59 Å². The molecule has 0 saturated carbocycles. The first-order valence-corrected chi connectivity index (χ1v) is 4.44. The van der Waals surface area contributed by atoms with Gasteiger partial charge in [0.1, 0.15) is 6.29 Å². The van der Waals surface area contributed by atoms with Crippen molar-refractivity contribution in [3.8, 4) is 0 Å². The third-order valence-corrected chi connectivity index (χ3v) is 1.98. The molecule has 0 radical (unpaired) electrons. The summed E-state index contributed by atoms with van der Waals surface area (Å²) in [6, 6.07) is 6.68. The highest BCUT2D eigenvalue weighted by Gasteiger charge is 2.04. The normalized spacial score (nSPS) is 12.1. The van der Waals surface area contributed by atoms with E-state index in [1.54, 1.807) is 18.2 Å². The number of benzene rings is 1. The molecule has 1 aromatic rings. The van der Waals surface area contributed by atoms with Crippen LogP contribution < -0.4 is 5.73 Å². The van der Waals surface area contributed by atoms with Crippen LogP contribution in [0.1, 0.15) is 22.8 Å². The second kappa shape index (κ2) is 4.67. The molecule has 1 rings (SSSR count). The second-order valence-electron chi connectivity index (χ2n) is 3.26. The first kappa shape index (κ1) is 10.6. The van der Waals surface area contributed by atoms with Gasteiger partial charge in [-0.05, 0) is 25.0 Å². The molecule has 0 fully saturated rings. The molecule has 0 spiro atoms. The SMILES string of the molecule is CC(=O)c1cccc(CC(N)C=O)c1. The summed E-state index contributed by atoms with van der Waals surface area (Å²) in [6.07, 6.45) is 1.19. The van der Waals surface area contributed by atoms with E-state index in [1.807, 2.05) is 6.07 Å². The summed E-state index contributed by atoms with van der Waals surface area (Å²) in [5.41, 5.74) is 7.05. The molecule has 1 atom stereocenters. The van der Waals surface area contributed by atoms with Crippen LogP contribution in [0.5, 0.6) is 0 Å². The van der Waals surface area contributed by atoms with E-state index in [1.165, 1.54) is 6.92 Å². The number of rotatable bonds is 4. The van der Waals surface area contributed by atoms with E-state index >= 15 is 0 Å². The van der Waals surface area contributed by atoms with Crippen LogP contribution in [-0.4, -0.2) is 18.1 Å². The smallest absolute Gasteiger partial charge is 0.159 e. The molecule has 3 nitrogen and oxygen atoms in total. The Morgan fingerprint density at radius 2 is 2.29 bits per heavy atom. The molecule has 0 amide bonds. The van der Waals surface area contributed by atoms with E-state index in [-0.39, 0.29) is 5.78 Å². The zero-order valence-electron chi connectivity index (χ0n) is 8.07. The molecule has 0 saturated heterocycles. The first-order valence-electron chi connectivity index (χ1n) is 4.44. The van der Waals surface area contributed by atoms with Gasteiger partial charge in [0, 0.05) is 5.56 Å². The van der Waals surface area contributed by atoms with Crippen LogP contribution in [0.4, 0.5) is 0 Å². The Bertz CT molecular complexity index is 347. The molecule has 0 aliphatic carbocycles. The number of carbonyl (C=O) groups excluding carboxylic acids is 2. The zero-order chi connectivity index (χ0) is 10.6. The van der Waals surface area contributed by atoms with Crippen LogP contribution in [0.25, 0.3) is 0 Å². The van der Waals surface area contributed by atoms with E-state index in [0.29, 0.717) is 18.3 Å². The Hall–Kier alpha value is -1.48. The maximum atomic E-state index is 11.1. The van der Waals surface area contributed by atoms with Crippen molar-refractivity contribution in [1.82, 2.24) is 0 Å². The Kier molecular flexibility index (Phi) is 3.54. The minimum Gasteiger partial charge on any atom is -0.321 e. The average Bonchev–Trinajstić information content (AvgIpc) is 2.18. The lowest BCUT2D eigenvalue weighted by Gasteiger charge is -2.04. The van der Waals surface area contributed by atoms with Gasteiger partial charge in [-0.2, -0.15) is 0 Å². The van der Waals surface area contributed by atoms with Crippen molar-refractivity contribution in [3.05, 3.63) is 35.4 Å². The molecule has 0 aliphatic heterocycles. The molecule has 0 aliphatic rings. The first-order chi connectivity index (χ1) is 6.63. The molecule has 0 bridgehead atoms. The molecule has 2 N–H and O–H groups in total. The summed E-state index contributed by atoms with van der Waals surface area (Å²) >= 11 is 0. The van der Waals surface area contributed by atoms with Crippen LogP contribution in [0.2, 0.25) is 0 Å². The highest BCUT2D eigenvalue weighted by molar-refractivity contribution is 5.94. The van der Waals surface area contributed by atoms with E-state index < -0.39 is 6.04 Å². The van der Waals surface area contributed by atoms with Gasteiger partial charge in [0.2, 0.25) is 0 Å². The molecule has 14 heavy (non-hydrogen) atoms. The van der Waals surface area contributed by atoms with Crippen molar-refractivity contribution < 1.29 is 9.59 Å². The Morgan fingerprint density at radius 1 is 1.57 bits per heavy atom. The summed E-state index contributed by atoms with van der Waals surface area (Å²) in [5, 5.41) is 0. The summed E-state index contributed by atoms with van der Waals surface area (Å²) in [4.78, 5) is 21.4. The third kappa shape index (κ3) is 2.78. The van der Waals surface area contributed by atoms with Gasteiger partial charge in [0.25, 0.3) is 0 Å². The van der Waals surface area contributed by atoms with Crippen molar-refractivity contribution in [2.75, 3.05) is 0 Å². The number of ketones is 1. The van der Waals surface area contributed by atoms with Crippen LogP contribution in [-0.2, 0) is 11.2 Å². The Morgan fingerprint density at radius 3 is 2.86 bits per heavy atom. The number of nitrogens with two attached hydrogens (primary N) is 1. The average molecular weight is 191 g/mol. The van der Waals surface area contributed by atoms with E-state index in [2.05, 4.69) is 0 Å².